The van der Waals surface area contributed by atoms with Crippen LogP contribution in [-0.4, -0.2) is 63.0 Å². The highest BCUT2D eigenvalue weighted by molar-refractivity contribution is 5.70. The van der Waals surface area contributed by atoms with Crippen LogP contribution in [0.5, 0.6) is 0 Å². The fraction of sp³-hybridized carbons (Fsp3) is 0.923. The minimum atomic E-state index is -0.272. The van der Waals surface area contributed by atoms with Gasteiger partial charge in [-0.05, 0) is 13.3 Å². The van der Waals surface area contributed by atoms with Gasteiger partial charge in [0, 0.05) is 19.6 Å². The molecule has 0 radical (unpaired) electrons. The zero-order valence-corrected chi connectivity index (χ0v) is 11.5. The van der Waals surface area contributed by atoms with Crippen LogP contribution in [0, 0.1) is 0 Å². The molecule has 1 atom stereocenters. The third-order valence-corrected chi connectivity index (χ3v) is 2.96. The van der Waals surface area contributed by atoms with Crippen LogP contribution in [0.3, 0.4) is 0 Å². The van der Waals surface area contributed by atoms with Gasteiger partial charge in [0.1, 0.15) is 13.2 Å². The molecule has 1 aliphatic heterocycles. The monoisotopic (exact) mass is 259 g/mol. The molecule has 1 rings (SSSR count). The molecule has 1 heterocycles. The van der Waals surface area contributed by atoms with Gasteiger partial charge < -0.3 is 14.2 Å². The van der Waals surface area contributed by atoms with Crippen LogP contribution in [0.2, 0.25) is 0 Å². The lowest BCUT2D eigenvalue weighted by Crippen LogP contribution is -2.38. The second kappa shape index (κ2) is 9.30. The minimum Gasteiger partial charge on any atom is -0.463 e. The van der Waals surface area contributed by atoms with Gasteiger partial charge in [0.05, 0.1) is 19.3 Å². The number of carbonyl (C=O) groups is 1. The molecule has 106 valence electrons. The molecular formula is C13H25NO4. The average molecular weight is 259 g/mol. The van der Waals surface area contributed by atoms with Crippen molar-refractivity contribution in [3.8, 4) is 0 Å². The summed E-state index contributed by atoms with van der Waals surface area (Å²) in [5.74, 6) is -0.272. The molecule has 0 aromatic carbocycles. The maximum Gasteiger partial charge on any atom is 0.332 e. The molecule has 0 spiro atoms. The maximum absolute atomic E-state index is 11.4. The zero-order chi connectivity index (χ0) is 13.2. The Labute approximate surface area is 109 Å². The third-order valence-electron chi connectivity index (χ3n) is 2.96. The predicted octanol–water partition coefficient (Wildman–Crippen LogP) is 1.07. The van der Waals surface area contributed by atoms with Gasteiger partial charge in [0.25, 0.3) is 0 Å². The molecule has 1 fully saturated rings. The molecule has 18 heavy (non-hydrogen) atoms. The summed E-state index contributed by atoms with van der Waals surface area (Å²) in [5.41, 5.74) is 0. The second-order valence-electron chi connectivity index (χ2n) is 4.58. The van der Waals surface area contributed by atoms with Crippen LogP contribution in [0.15, 0.2) is 0 Å². The fourth-order valence-corrected chi connectivity index (χ4v) is 1.86. The number of carbonyl (C=O) groups excluding carboxylic acids is 1. The Morgan fingerprint density at radius 3 is 2.78 bits per heavy atom. The lowest BCUT2D eigenvalue weighted by atomic mass is 10.2. The first kappa shape index (κ1) is 15.4. The molecule has 0 amide bonds. The van der Waals surface area contributed by atoms with E-state index in [1.807, 2.05) is 6.92 Å². The number of morpholine rings is 1. The van der Waals surface area contributed by atoms with Crippen LogP contribution in [0.1, 0.15) is 26.7 Å². The van der Waals surface area contributed by atoms with Crippen LogP contribution in [-0.2, 0) is 19.0 Å². The van der Waals surface area contributed by atoms with E-state index < -0.39 is 0 Å². The van der Waals surface area contributed by atoms with Gasteiger partial charge in [0.15, 0.2) is 0 Å². The number of hydrogen-bond donors (Lipinski definition) is 0. The van der Waals surface area contributed by atoms with E-state index >= 15 is 0 Å². The van der Waals surface area contributed by atoms with E-state index in [0.717, 1.165) is 45.7 Å². The summed E-state index contributed by atoms with van der Waals surface area (Å²) in [6.07, 6.45) is 2.16. The fourth-order valence-electron chi connectivity index (χ4n) is 1.86. The van der Waals surface area contributed by atoms with Crippen LogP contribution in [0.4, 0.5) is 0 Å². The molecular weight excluding hydrogens is 234 g/mol. The zero-order valence-electron chi connectivity index (χ0n) is 11.5. The van der Waals surface area contributed by atoms with Crippen molar-refractivity contribution in [2.24, 2.45) is 0 Å². The quantitative estimate of drug-likeness (QED) is 0.610. The number of nitrogens with zero attached hydrogens (tertiary/aromatic N) is 1. The Morgan fingerprint density at radius 2 is 2.11 bits per heavy atom. The lowest BCUT2D eigenvalue weighted by molar-refractivity contribution is -0.151. The lowest BCUT2D eigenvalue weighted by Gasteiger charge is -2.26. The summed E-state index contributed by atoms with van der Waals surface area (Å²) in [6.45, 7) is 8.72. The molecule has 0 N–H and O–H groups in total. The van der Waals surface area contributed by atoms with Gasteiger partial charge in [-0.15, -0.1) is 0 Å². The Morgan fingerprint density at radius 1 is 1.39 bits per heavy atom. The topological polar surface area (TPSA) is 48.0 Å². The standard InChI is InChI=1S/C13H25NO4/c1-3-4-12(2)18-11-13(15)17-10-7-14-5-8-16-9-6-14/h12H,3-11H2,1-2H3. The minimum absolute atomic E-state index is 0.0598. The van der Waals surface area contributed by atoms with Gasteiger partial charge in [-0.25, -0.2) is 4.79 Å². The van der Waals surface area contributed by atoms with Gasteiger partial charge in [0.2, 0.25) is 0 Å². The first-order valence-electron chi connectivity index (χ1n) is 6.79. The molecule has 5 heteroatoms. The third kappa shape index (κ3) is 6.93. The molecule has 1 aliphatic rings. The van der Waals surface area contributed by atoms with Crippen molar-refractivity contribution in [2.75, 3.05) is 46.1 Å². The summed E-state index contributed by atoms with van der Waals surface area (Å²) >= 11 is 0. The van der Waals surface area contributed by atoms with Gasteiger partial charge in [-0.3, -0.25) is 4.90 Å². The van der Waals surface area contributed by atoms with Crippen molar-refractivity contribution in [1.29, 1.82) is 0 Å². The number of ether oxygens (including phenoxy) is 3. The van der Waals surface area contributed by atoms with Crippen molar-refractivity contribution in [3.63, 3.8) is 0 Å². The smallest absolute Gasteiger partial charge is 0.332 e. The van der Waals surface area contributed by atoms with Crippen molar-refractivity contribution in [3.05, 3.63) is 0 Å². The van der Waals surface area contributed by atoms with E-state index in [4.69, 9.17) is 14.2 Å². The summed E-state index contributed by atoms with van der Waals surface area (Å²) in [5, 5.41) is 0. The van der Waals surface area contributed by atoms with Gasteiger partial charge in [-0.1, -0.05) is 13.3 Å². The largest absolute Gasteiger partial charge is 0.463 e. The van der Waals surface area contributed by atoms with E-state index in [1.165, 1.54) is 0 Å². The van der Waals surface area contributed by atoms with Gasteiger partial charge in [-0.2, -0.15) is 0 Å². The van der Waals surface area contributed by atoms with Crippen molar-refractivity contribution < 1.29 is 19.0 Å². The van der Waals surface area contributed by atoms with Crippen molar-refractivity contribution in [2.45, 2.75) is 32.8 Å². The van der Waals surface area contributed by atoms with E-state index in [0.29, 0.717) is 6.61 Å². The Balaban J connectivity index is 1.99. The average Bonchev–Trinajstić information content (AvgIpc) is 2.38. The second-order valence-corrected chi connectivity index (χ2v) is 4.58. The van der Waals surface area contributed by atoms with E-state index in [9.17, 15) is 4.79 Å². The SMILES string of the molecule is CCCC(C)OCC(=O)OCCN1CCOCC1. The molecule has 0 aromatic heterocycles. The number of hydrogen-bond acceptors (Lipinski definition) is 5. The molecule has 1 saturated heterocycles. The normalized spacial score (nSPS) is 18.6. The molecule has 5 nitrogen and oxygen atoms in total. The summed E-state index contributed by atoms with van der Waals surface area (Å²) in [6, 6.07) is 0. The predicted molar refractivity (Wildman–Crippen MR) is 68.5 cm³/mol. The highest BCUT2D eigenvalue weighted by Crippen LogP contribution is 2.01. The Bertz CT molecular complexity index is 229. The highest BCUT2D eigenvalue weighted by atomic mass is 16.6. The maximum atomic E-state index is 11.4. The first-order chi connectivity index (χ1) is 8.72. The number of esters is 1. The summed E-state index contributed by atoms with van der Waals surface area (Å²) < 4.78 is 15.8. The van der Waals surface area contributed by atoms with Crippen molar-refractivity contribution >= 4 is 5.97 Å². The first-order valence-corrected chi connectivity index (χ1v) is 6.79. The molecule has 0 aliphatic carbocycles. The van der Waals surface area contributed by atoms with Gasteiger partial charge >= 0.3 is 5.97 Å². The highest BCUT2D eigenvalue weighted by Gasteiger charge is 2.11. The molecule has 0 bridgehead atoms. The molecule has 0 saturated carbocycles. The summed E-state index contributed by atoms with van der Waals surface area (Å²) in [4.78, 5) is 13.6. The molecule has 1 unspecified atom stereocenters. The van der Waals surface area contributed by atoms with Crippen molar-refractivity contribution in [1.82, 2.24) is 4.90 Å². The van der Waals surface area contributed by atoms with E-state index in [-0.39, 0.29) is 18.7 Å². The van der Waals surface area contributed by atoms with Crippen LogP contribution in [0.25, 0.3) is 0 Å². The number of rotatable bonds is 8. The van der Waals surface area contributed by atoms with Crippen LogP contribution < -0.4 is 0 Å². The summed E-state index contributed by atoms with van der Waals surface area (Å²) in [7, 11) is 0. The Hall–Kier alpha value is -0.650. The van der Waals surface area contributed by atoms with E-state index in [2.05, 4.69) is 11.8 Å². The van der Waals surface area contributed by atoms with E-state index in [1.54, 1.807) is 0 Å². The molecule has 0 aromatic rings. The Kier molecular flexibility index (Phi) is 7.96. The van der Waals surface area contributed by atoms with Crippen LogP contribution >= 0.6 is 0 Å².